The zero-order valence-electron chi connectivity index (χ0n) is 15.9. The first-order valence-electron chi connectivity index (χ1n) is 9.46. The highest BCUT2D eigenvalue weighted by Gasteiger charge is 2.55. The van der Waals surface area contributed by atoms with Crippen molar-refractivity contribution in [2.24, 2.45) is 11.0 Å². The summed E-state index contributed by atoms with van der Waals surface area (Å²) < 4.78 is 28.3. The number of nitrogens with one attached hydrogen (secondary N) is 1. The van der Waals surface area contributed by atoms with E-state index in [0.29, 0.717) is 13.0 Å². The minimum absolute atomic E-state index is 0.0381. The standard InChI is InChI=1S/C21H21F2N3O2S/c1-13(27)26-21(29-20(25-26)17-12-16(22)8-9-19(17)23)15(10-11-24-28)7-6-14-4-2-3-5-18(14)21/h2-5,8-9,12,15,24,28H,6-7,10-11H2,1H3/t15-,21-/m0/s1. The van der Waals surface area contributed by atoms with Crippen molar-refractivity contribution >= 4 is 22.7 Å². The monoisotopic (exact) mass is 417 g/mol. The molecule has 2 atom stereocenters. The number of rotatable bonds is 4. The van der Waals surface area contributed by atoms with E-state index in [-0.39, 0.29) is 22.4 Å². The number of hydroxylamine groups is 1. The fraction of sp³-hybridized carbons (Fsp3) is 0.333. The van der Waals surface area contributed by atoms with E-state index >= 15 is 0 Å². The van der Waals surface area contributed by atoms with E-state index in [1.54, 1.807) is 0 Å². The van der Waals surface area contributed by atoms with Crippen LogP contribution < -0.4 is 5.48 Å². The van der Waals surface area contributed by atoms with Gasteiger partial charge >= 0.3 is 0 Å². The van der Waals surface area contributed by atoms with Crippen molar-refractivity contribution in [3.63, 3.8) is 0 Å². The van der Waals surface area contributed by atoms with Gasteiger partial charge in [-0.05, 0) is 54.5 Å². The van der Waals surface area contributed by atoms with Crippen molar-refractivity contribution in [1.29, 1.82) is 0 Å². The summed E-state index contributed by atoms with van der Waals surface area (Å²) >= 11 is 1.29. The number of hydrogen-bond acceptors (Lipinski definition) is 5. The summed E-state index contributed by atoms with van der Waals surface area (Å²) in [5.41, 5.74) is 4.29. The first-order chi connectivity index (χ1) is 14.0. The van der Waals surface area contributed by atoms with Crippen LogP contribution in [0.5, 0.6) is 0 Å². The molecule has 0 bridgehead atoms. The average molecular weight is 417 g/mol. The van der Waals surface area contributed by atoms with Crippen molar-refractivity contribution in [2.75, 3.05) is 6.54 Å². The van der Waals surface area contributed by atoms with Crippen molar-refractivity contribution in [1.82, 2.24) is 10.5 Å². The highest BCUT2D eigenvalue weighted by atomic mass is 32.2. The van der Waals surface area contributed by atoms with E-state index < -0.39 is 16.5 Å². The Morgan fingerprint density at radius 3 is 2.90 bits per heavy atom. The Labute approximate surface area is 171 Å². The molecule has 0 radical (unpaired) electrons. The molecule has 152 valence electrons. The molecule has 4 rings (SSSR count). The maximum absolute atomic E-state index is 14.5. The maximum atomic E-state index is 14.5. The number of thioether (sulfide) groups is 1. The van der Waals surface area contributed by atoms with Gasteiger partial charge in [0, 0.05) is 19.0 Å². The lowest BCUT2D eigenvalue weighted by atomic mass is 9.77. The first kappa shape index (κ1) is 20.0. The minimum Gasteiger partial charge on any atom is -0.317 e. The predicted molar refractivity (Wildman–Crippen MR) is 107 cm³/mol. The Morgan fingerprint density at radius 1 is 1.34 bits per heavy atom. The number of nitrogens with zero attached hydrogens (tertiary/aromatic N) is 2. The molecule has 1 heterocycles. The van der Waals surface area contributed by atoms with Crippen molar-refractivity contribution in [3.8, 4) is 0 Å². The van der Waals surface area contributed by atoms with E-state index in [4.69, 9.17) is 5.21 Å². The molecule has 29 heavy (non-hydrogen) atoms. The summed E-state index contributed by atoms with van der Waals surface area (Å²) in [5.74, 6) is -1.47. The average Bonchev–Trinajstić information content (AvgIpc) is 3.11. The third-order valence-corrected chi connectivity index (χ3v) is 7.07. The second-order valence-electron chi connectivity index (χ2n) is 7.25. The first-order valence-corrected chi connectivity index (χ1v) is 10.3. The van der Waals surface area contributed by atoms with Crippen LogP contribution in [0.1, 0.15) is 36.5 Å². The maximum Gasteiger partial charge on any atom is 0.241 e. The topological polar surface area (TPSA) is 64.9 Å². The highest BCUT2D eigenvalue weighted by molar-refractivity contribution is 8.15. The summed E-state index contributed by atoms with van der Waals surface area (Å²) in [6.07, 6.45) is 2.21. The SMILES string of the molecule is CC(=O)N1N=C(c2cc(F)ccc2F)S[C@@]12c1ccccc1CC[C@H]2CCNO. The molecular weight excluding hydrogens is 396 g/mol. The van der Waals surface area contributed by atoms with Crippen LogP contribution in [0.2, 0.25) is 0 Å². The Hall–Kier alpha value is -2.29. The molecule has 8 heteroatoms. The van der Waals surface area contributed by atoms with E-state index in [9.17, 15) is 13.6 Å². The van der Waals surface area contributed by atoms with Crippen molar-refractivity contribution in [2.45, 2.75) is 31.1 Å². The molecule has 1 amide bonds. The van der Waals surface area contributed by atoms with E-state index in [2.05, 4.69) is 10.6 Å². The van der Waals surface area contributed by atoms with Gasteiger partial charge in [0.1, 0.15) is 21.5 Å². The molecular formula is C21H21F2N3O2S. The number of hydrogen-bond donors (Lipinski definition) is 2. The third kappa shape index (κ3) is 3.35. The molecule has 0 saturated carbocycles. The van der Waals surface area contributed by atoms with Gasteiger partial charge in [-0.2, -0.15) is 5.10 Å². The molecule has 5 nitrogen and oxygen atoms in total. The smallest absolute Gasteiger partial charge is 0.241 e. The van der Waals surface area contributed by atoms with Crippen molar-refractivity contribution < 1.29 is 18.8 Å². The molecule has 0 fully saturated rings. The fourth-order valence-corrected chi connectivity index (χ4v) is 5.94. The van der Waals surface area contributed by atoms with Gasteiger partial charge in [0.2, 0.25) is 5.91 Å². The summed E-state index contributed by atoms with van der Waals surface area (Å²) in [6.45, 7) is 1.78. The molecule has 1 spiro atoms. The number of aryl methyl sites for hydroxylation is 1. The van der Waals surface area contributed by atoms with E-state index in [1.807, 2.05) is 24.3 Å². The predicted octanol–water partition coefficient (Wildman–Crippen LogP) is 4.01. The van der Waals surface area contributed by atoms with Crippen LogP contribution in [0.3, 0.4) is 0 Å². The summed E-state index contributed by atoms with van der Waals surface area (Å²) in [6, 6.07) is 11.1. The molecule has 1 aliphatic heterocycles. The van der Waals surface area contributed by atoms with Gasteiger partial charge in [-0.25, -0.2) is 19.3 Å². The summed E-state index contributed by atoms with van der Waals surface area (Å²) in [5, 5.41) is 15.3. The number of halogens is 2. The molecule has 2 aliphatic rings. The molecule has 2 aromatic carbocycles. The Morgan fingerprint density at radius 2 is 2.14 bits per heavy atom. The second kappa shape index (κ2) is 7.85. The quantitative estimate of drug-likeness (QED) is 0.738. The van der Waals surface area contributed by atoms with Gasteiger partial charge in [0.25, 0.3) is 0 Å². The van der Waals surface area contributed by atoms with Crippen LogP contribution in [0.15, 0.2) is 47.6 Å². The normalized spacial score (nSPS) is 23.2. The Kier molecular flexibility index (Phi) is 5.42. The van der Waals surface area contributed by atoms with Crippen LogP contribution in [0.25, 0.3) is 0 Å². The van der Waals surface area contributed by atoms with Gasteiger partial charge < -0.3 is 5.21 Å². The highest BCUT2D eigenvalue weighted by Crippen LogP contribution is 2.57. The van der Waals surface area contributed by atoms with Gasteiger partial charge in [-0.1, -0.05) is 36.0 Å². The third-order valence-electron chi connectivity index (χ3n) is 5.54. The Bertz CT molecular complexity index is 984. The molecule has 0 aromatic heterocycles. The fourth-order valence-electron chi connectivity index (χ4n) is 4.29. The lowest BCUT2D eigenvalue weighted by molar-refractivity contribution is -0.134. The number of amides is 1. The molecule has 0 unspecified atom stereocenters. The van der Waals surface area contributed by atoms with E-state index in [1.165, 1.54) is 23.7 Å². The summed E-state index contributed by atoms with van der Waals surface area (Å²) in [4.78, 5) is 11.8. The lowest BCUT2D eigenvalue weighted by Gasteiger charge is -2.45. The van der Waals surface area contributed by atoms with Gasteiger partial charge in [0.05, 0.1) is 0 Å². The largest absolute Gasteiger partial charge is 0.317 e. The number of benzene rings is 2. The van der Waals surface area contributed by atoms with Crippen LogP contribution in [0, 0.1) is 17.6 Å². The lowest BCUT2D eigenvalue weighted by Crippen LogP contribution is -2.49. The van der Waals surface area contributed by atoms with Crippen molar-refractivity contribution in [3.05, 3.63) is 70.8 Å². The number of carbonyl (C=O) groups excluding carboxylic acids is 1. The van der Waals surface area contributed by atoms with Gasteiger partial charge in [-0.3, -0.25) is 4.79 Å². The van der Waals surface area contributed by atoms with Crippen LogP contribution in [-0.2, 0) is 16.1 Å². The molecule has 1 aliphatic carbocycles. The van der Waals surface area contributed by atoms with E-state index in [0.717, 1.165) is 42.2 Å². The molecule has 2 N–H and O–H groups in total. The van der Waals surface area contributed by atoms with Gasteiger partial charge in [0.15, 0.2) is 0 Å². The zero-order chi connectivity index (χ0) is 20.6. The minimum atomic E-state index is -0.869. The summed E-state index contributed by atoms with van der Waals surface area (Å²) in [7, 11) is 0. The van der Waals surface area contributed by atoms with Crippen LogP contribution in [0.4, 0.5) is 8.78 Å². The zero-order valence-corrected chi connectivity index (χ0v) is 16.7. The second-order valence-corrected chi connectivity index (χ2v) is 8.46. The Balaban J connectivity index is 1.87. The molecule has 0 saturated heterocycles. The molecule has 2 aromatic rings. The number of hydrazone groups is 1. The van der Waals surface area contributed by atoms with Gasteiger partial charge in [-0.15, -0.1) is 0 Å². The van der Waals surface area contributed by atoms with Crippen LogP contribution in [-0.4, -0.2) is 27.7 Å². The number of carbonyl (C=O) groups is 1. The van der Waals surface area contributed by atoms with Crippen LogP contribution >= 0.6 is 11.8 Å². The number of fused-ring (bicyclic) bond motifs is 2.